The molecule has 8 aromatic carbocycles. The van der Waals surface area contributed by atoms with Crippen LogP contribution < -0.4 is 9.80 Å². The SMILES string of the molecule is C1=CN(c2ccc(-c3ccc(N(c4ccccc4)c4ccc5c(c4)C(c4ccccc4)(c4ccccc4)c4ccccc4-5)cc3)cc2)c2ccccc2S1. The second-order valence-corrected chi connectivity index (χ2v) is 14.7. The van der Waals surface area contributed by atoms with Gasteiger partial charge in [0.1, 0.15) is 0 Å². The Morgan fingerprint density at radius 3 is 1.67 bits per heavy atom. The van der Waals surface area contributed by atoms with Crippen LogP contribution in [0.2, 0.25) is 0 Å². The van der Waals surface area contributed by atoms with Gasteiger partial charge in [0.2, 0.25) is 0 Å². The molecule has 0 amide bonds. The van der Waals surface area contributed by atoms with Gasteiger partial charge in [0, 0.05) is 33.8 Å². The van der Waals surface area contributed by atoms with Crippen LogP contribution in [0.5, 0.6) is 0 Å². The lowest BCUT2D eigenvalue weighted by Gasteiger charge is -2.35. The molecule has 0 saturated heterocycles. The fourth-order valence-corrected chi connectivity index (χ4v) is 9.21. The Bertz CT molecular complexity index is 2580. The minimum atomic E-state index is -0.465. The van der Waals surface area contributed by atoms with Crippen LogP contribution in [-0.4, -0.2) is 0 Å². The largest absolute Gasteiger partial charge is 0.316 e. The number of hydrogen-bond donors (Lipinski definition) is 0. The summed E-state index contributed by atoms with van der Waals surface area (Å²) in [6.45, 7) is 0. The highest BCUT2D eigenvalue weighted by atomic mass is 32.2. The van der Waals surface area contributed by atoms with E-state index in [1.54, 1.807) is 11.8 Å². The van der Waals surface area contributed by atoms with Crippen molar-refractivity contribution in [2.75, 3.05) is 9.80 Å². The van der Waals surface area contributed by atoms with Gasteiger partial charge in [-0.1, -0.05) is 157 Å². The highest BCUT2D eigenvalue weighted by Crippen LogP contribution is 2.57. The van der Waals surface area contributed by atoms with E-state index in [1.807, 2.05) is 0 Å². The lowest BCUT2D eigenvalue weighted by Crippen LogP contribution is -2.28. The molecule has 0 fully saturated rings. The molecule has 0 bridgehead atoms. The minimum Gasteiger partial charge on any atom is -0.316 e. The summed E-state index contributed by atoms with van der Waals surface area (Å²) in [7, 11) is 0. The van der Waals surface area contributed by atoms with Crippen molar-refractivity contribution in [2.24, 2.45) is 0 Å². The molecule has 2 aliphatic rings. The van der Waals surface area contributed by atoms with Gasteiger partial charge in [-0.3, -0.25) is 0 Å². The highest BCUT2D eigenvalue weighted by Gasteiger charge is 2.46. The van der Waals surface area contributed by atoms with Crippen LogP contribution in [0.3, 0.4) is 0 Å². The number of rotatable bonds is 7. The van der Waals surface area contributed by atoms with E-state index < -0.39 is 5.41 Å². The Balaban J connectivity index is 1.06. The van der Waals surface area contributed by atoms with Crippen LogP contribution in [0.25, 0.3) is 22.3 Å². The smallest absolute Gasteiger partial charge is 0.0714 e. The fourth-order valence-electron chi connectivity index (χ4n) is 8.44. The van der Waals surface area contributed by atoms with E-state index in [2.05, 4.69) is 228 Å². The lowest BCUT2D eigenvalue weighted by atomic mass is 9.67. The fraction of sp³-hybridized carbons (Fsp3) is 0.0196. The summed E-state index contributed by atoms with van der Waals surface area (Å²) in [5, 5.41) is 2.15. The molecule has 2 nitrogen and oxygen atoms in total. The van der Waals surface area contributed by atoms with E-state index in [0.717, 1.165) is 22.7 Å². The molecule has 8 aromatic rings. The number of para-hydroxylation sites is 2. The first-order chi connectivity index (χ1) is 26.8. The highest BCUT2D eigenvalue weighted by molar-refractivity contribution is 8.02. The number of benzene rings is 8. The summed E-state index contributed by atoms with van der Waals surface area (Å²) in [6.07, 6.45) is 2.15. The van der Waals surface area contributed by atoms with E-state index in [0.29, 0.717) is 0 Å². The predicted molar refractivity (Wildman–Crippen MR) is 227 cm³/mol. The molecule has 0 N–H and O–H groups in total. The normalized spacial score (nSPS) is 13.5. The molecular formula is C51H36N2S. The second kappa shape index (κ2) is 13.5. The molecular weight excluding hydrogens is 673 g/mol. The van der Waals surface area contributed by atoms with Gasteiger partial charge in [-0.05, 0) is 111 Å². The average molecular weight is 709 g/mol. The first-order valence-corrected chi connectivity index (χ1v) is 19.3. The van der Waals surface area contributed by atoms with Gasteiger partial charge in [-0.15, -0.1) is 0 Å². The van der Waals surface area contributed by atoms with Crippen molar-refractivity contribution in [1.82, 2.24) is 0 Å². The molecule has 3 heteroatoms. The Labute approximate surface area is 321 Å². The molecule has 0 radical (unpaired) electrons. The number of nitrogens with zero attached hydrogens (tertiary/aromatic N) is 2. The summed E-state index contributed by atoms with van der Waals surface area (Å²) in [5.41, 5.74) is 15.3. The molecule has 1 aliphatic carbocycles. The summed E-state index contributed by atoms with van der Waals surface area (Å²) in [6, 6.07) is 75.1. The average Bonchev–Trinajstić information content (AvgIpc) is 3.55. The number of thioether (sulfide) groups is 1. The van der Waals surface area contributed by atoms with Gasteiger partial charge < -0.3 is 9.80 Å². The van der Waals surface area contributed by atoms with Gasteiger partial charge in [-0.2, -0.15) is 0 Å². The third-order valence-electron chi connectivity index (χ3n) is 10.8. The third-order valence-corrected chi connectivity index (χ3v) is 11.7. The topological polar surface area (TPSA) is 6.48 Å². The molecule has 0 aromatic heterocycles. The third kappa shape index (κ3) is 5.28. The second-order valence-electron chi connectivity index (χ2n) is 13.8. The van der Waals surface area contributed by atoms with E-state index in [1.165, 1.54) is 55.1 Å². The predicted octanol–water partition coefficient (Wildman–Crippen LogP) is 13.9. The Hall–Kier alpha value is -6.55. The Kier molecular flexibility index (Phi) is 8.00. The van der Waals surface area contributed by atoms with Crippen molar-refractivity contribution in [3.8, 4) is 22.3 Å². The quantitative estimate of drug-likeness (QED) is 0.163. The van der Waals surface area contributed by atoms with Crippen LogP contribution in [0.15, 0.2) is 223 Å². The monoisotopic (exact) mass is 708 g/mol. The lowest BCUT2D eigenvalue weighted by molar-refractivity contribution is 0.768. The van der Waals surface area contributed by atoms with Crippen LogP contribution >= 0.6 is 11.8 Å². The van der Waals surface area contributed by atoms with E-state index in [-0.39, 0.29) is 0 Å². The molecule has 0 atom stereocenters. The van der Waals surface area contributed by atoms with Crippen molar-refractivity contribution in [2.45, 2.75) is 10.3 Å². The van der Waals surface area contributed by atoms with Gasteiger partial charge >= 0.3 is 0 Å². The van der Waals surface area contributed by atoms with Gasteiger partial charge in [0.25, 0.3) is 0 Å². The zero-order valence-corrected chi connectivity index (χ0v) is 30.4. The first kappa shape index (κ1) is 32.1. The summed E-state index contributed by atoms with van der Waals surface area (Å²) in [4.78, 5) is 5.91. The molecule has 1 aliphatic heterocycles. The van der Waals surface area contributed by atoms with Crippen molar-refractivity contribution in [1.29, 1.82) is 0 Å². The van der Waals surface area contributed by atoms with Crippen LogP contribution in [0, 0.1) is 0 Å². The molecule has 0 unspecified atom stereocenters. The van der Waals surface area contributed by atoms with Crippen molar-refractivity contribution in [3.05, 3.63) is 240 Å². The minimum absolute atomic E-state index is 0.465. The van der Waals surface area contributed by atoms with Crippen molar-refractivity contribution >= 4 is 40.2 Å². The van der Waals surface area contributed by atoms with Crippen LogP contribution in [-0.2, 0) is 5.41 Å². The molecule has 0 saturated carbocycles. The maximum Gasteiger partial charge on any atom is 0.0714 e. The number of hydrogen-bond acceptors (Lipinski definition) is 3. The Morgan fingerprint density at radius 1 is 0.426 bits per heavy atom. The zero-order valence-electron chi connectivity index (χ0n) is 29.6. The zero-order chi connectivity index (χ0) is 35.9. The van der Waals surface area contributed by atoms with E-state index in [4.69, 9.17) is 0 Å². The maximum absolute atomic E-state index is 2.43. The van der Waals surface area contributed by atoms with Crippen LogP contribution in [0.4, 0.5) is 28.4 Å². The van der Waals surface area contributed by atoms with Gasteiger partial charge in [0.05, 0.1) is 11.1 Å². The molecule has 1 heterocycles. The van der Waals surface area contributed by atoms with Crippen molar-refractivity contribution in [3.63, 3.8) is 0 Å². The van der Waals surface area contributed by atoms with E-state index >= 15 is 0 Å². The van der Waals surface area contributed by atoms with E-state index in [9.17, 15) is 0 Å². The Morgan fingerprint density at radius 2 is 0.963 bits per heavy atom. The molecule has 54 heavy (non-hydrogen) atoms. The standard InChI is InChI=1S/C51H36N2S/c1-4-14-39(15-5-1)51(40-16-6-2-7-17-40)47-21-11-10-20-45(47)46-33-32-44(36-48(46)51)53(42-18-8-3-9-19-42)43-30-26-38(27-31-43)37-24-28-41(29-25-37)52-34-35-54-50-23-13-12-22-49(50)52/h1-36H. The molecule has 0 spiro atoms. The van der Waals surface area contributed by atoms with Crippen molar-refractivity contribution < 1.29 is 0 Å². The molecule has 256 valence electrons. The molecule has 10 rings (SSSR count). The van der Waals surface area contributed by atoms with Crippen LogP contribution in [0.1, 0.15) is 22.3 Å². The summed E-state index contributed by atoms with van der Waals surface area (Å²) < 4.78 is 0. The maximum atomic E-state index is 2.43. The first-order valence-electron chi connectivity index (χ1n) is 18.4. The van der Waals surface area contributed by atoms with Gasteiger partial charge in [-0.25, -0.2) is 0 Å². The number of anilines is 5. The summed E-state index contributed by atoms with van der Waals surface area (Å²) >= 11 is 1.76. The van der Waals surface area contributed by atoms with Gasteiger partial charge in [0.15, 0.2) is 0 Å². The number of fused-ring (bicyclic) bond motifs is 4. The summed E-state index contributed by atoms with van der Waals surface area (Å²) in [5.74, 6) is 0.